The second-order valence-corrected chi connectivity index (χ2v) is 11.3. The van der Waals surface area contributed by atoms with Crippen LogP contribution in [0.1, 0.15) is 41.6 Å². The molecule has 0 aliphatic carbocycles. The zero-order valence-corrected chi connectivity index (χ0v) is 22.1. The number of hydrogen-bond acceptors (Lipinski definition) is 6. The van der Waals surface area contributed by atoms with Crippen molar-refractivity contribution in [1.29, 1.82) is 0 Å². The molecule has 2 amide bonds. The smallest absolute Gasteiger partial charge is 0.265 e. The lowest BCUT2D eigenvalue weighted by molar-refractivity contribution is -0.115. The number of rotatable bonds is 6. The van der Waals surface area contributed by atoms with Gasteiger partial charge in [0.1, 0.15) is 4.83 Å². The van der Waals surface area contributed by atoms with Gasteiger partial charge in [-0.05, 0) is 46.9 Å². The molecule has 1 saturated heterocycles. The molecule has 0 saturated carbocycles. The Balaban J connectivity index is 1.21. The summed E-state index contributed by atoms with van der Waals surface area (Å²) in [5, 5.41) is 13.7. The van der Waals surface area contributed by atoms with Crippen LogP contribution in [0.5, 0.6) is 0 Å². The second-order valence-electron chi connectivity index (χ2n) is 10.2. The summed E-state index contributed by atoms with van der Waals surface area (Å²) in [6.07, 6.45) is 0.247. The van der Waals surface area contributed by atoms with Gasteiger partial charge in [0.05, 0.1) is 29.9 Å². The molecule has 2 aromatic carbocycles. The molecule has 4 aromatic rings. The normalized spacial score (nSPS) is 14.1. The first-order valence-electron chi connectivity index (χ1n) is 12.4. The number of morpholine rings is 1. The molecule has 2 aromatic heterocycles. The number of thiophene rings is 1. The minimum absolute atomic E-state index is 0.0662. The van der Waals surface area contributed by atoms with Crippen LogP contribution >= 0.6 is 11.3 Å². The number of anilines is 3. The molecule has 1 aliphatic heterocycles. The second kappa shape index (κ2) is 10.4. The predicted molar refractivity (Wildman–Crippen MR) is 149 cm³/mol. The van der Waals surface area contributed by atoms with E-state index in [9.17, 15) is 9.59 Å². The molecule has 192 valence electrons. The van der Waals surface area contributed by atoms with Gasteiger partial charge in [0, 0.05) is 24.5 Å². The lowest BCUT2D eigenvalue weighted by Crippen LogP contribution is -2.36. The molecule has 8 nitrogen and oxygen atoms in total. The van der Waals surface area contributed by atoms with E-state index in [1.54, 1.807) is 6.07 Å². The van der Waals surface area contributed by atoms with Crippen molar-refractivity contribution in [3.05, 3.63) is 70.6 Å². The Bertz CT molecular complexity index is 1390. The van der Waals surface area contributed by atoms with Crippen molar-refractivity contribution in [2.75, 3.05) is 41.8 Å². The Morgan fingerprint density at radius 1 is 1.03 bits per heavy atom. The van der Waals surface area contributed by atoms with Crippen molar-refractivity contribution in [1.82, 2.24) is 10.2 Å². The van der Waals surface area contributed by atoms with Crippen LogP contribution in [0.4, 0.5) is 17.2 Å². The van der Waals surface area contributed by atoms with Gasteiger partial charge in [-0.1, -0.05) is 45.0 Å². The molecule has 0 unspecified atom stereocenters. The zero-order chi connectivity index (χ0) is 26.0. The number of carbonyl (C=O) groups excluding carboxylic acids is 2. The number of ether oxygens (including phenoxy) is 1. The number of aromatic nitrogens is 2. The minimum atomic E-state index is -0.204. The van der Waals surface area contributed by atoms with Crippen LogP contribution in [-0.4, -0.2) is 48.3 Å². The molecule has 0 atom stereocenters. The number of amides is 2. The minimum Gasteiger partial charge on any atom is -0.378 e. The van der Waals surface area contributed by atoms with Crippen molar-refractivity contribution < 1.29 is 14.3 Å². The number of aromatic amines is 1. The summed E-state index contributed by atoms with van der Waals surface area (Å²) in [7, 11) is 0. The molecule has 0 spiro atoms. The molecular formula is C28H31N5O3S. The van der Waals surface area contributed by atoms with Crippen molar-refractivity contribution in [2.45, 2.75) is 32.6 Å². The van der Waals surface area contributed by atoms with Gasteiger partial charge in [-0.25, -0.2) is 0 Å². The largest absolute Gasteiger partial charge is 0.378 e. The molecule has 1 fully saturated rings. The van der Waals surface area contributed by atoms with Gasteiger partial charge in [-0.2, -0.15) is 5.10 Å². The van der Waals surface area contributed by atoms with Crippen LogP contribution < -0.4 is 15.5 Å². The number of nitrogens with zero attached hydrogens (tertiary/aromatic N) is 2. The number of H-pyrrole nitrogens is 1. The van der Waals surface area contributed by atoms with E-state index in [4.69, 9.17) is 4.74 Å². The average Bonchev–Trinajstić information content (AvgIpc) is 3.47. The number of nitrogens with one attached hydrogen (secondary N) is 3. The zero-order valence-electron chi connectivity index (χ0n) is 21.3. The fourth-order valence-electron chi connectivity index (χ4n) is 4.28. The van der Waals surface area contributed by atoms with Crippen LogP contribution in [0.25, 0.3) is 10.2 Å². The van der Waals surface area contributed by atoms with Gasteiger partial charge >= 0.3 is 0 Å². The predicted octanol–water partition coefficient (Wildman–Crippen LogP) is 5.19. The Labute approximate surface area is 220 Å². The van der Waals surface area contributed by atoms with Gasteiger partial charge in [-0.15, -0.1) is 11.3 Å². The number of fused-ring (bicyclic) bond motifs is 1. The van der Waals surface area contributed by atoms with Gasteiger partial charge < -0.3 is 20.3 Å². The van der Waals surface area contributed by atoms with E-state index >= 15 is 0 Å². The first kappa shape index (κ1) is 25.0. The number of hydrogen-bond donors (Lipinski definition) is 3. The maximum atomic E-state index is 12.9. The molecule has 5 rings (SSSR count). The Kier molecular flexibility index (Phi) is 6.99. The summed E-state index contributed by atoms with van der Waals surface area (Å²) in [4.78, 5) is 29.1. The van der Waals surface area contributed by atoms with Crippen LogP contribution in [0, 0.1) is 0 Å². The monoisotopic (exact) mass is 517 g/mol. The van der Waals surface area contributed by atoms with Crippen LogP contribution in [0.3, 0.4) is 0 Å². The van der Waals surface area contributed by atoms with E-state index in [2.05, 4.69) is 58.6 Å². The first-order chi connectivity index (χ1) is 17.8. The van der Waals surface area contributed by atoms with Crippen molar-refractivity contribution in [2.24, 2.45) is 0 Å². The van der Waals surface area contributed by atoms with Gasteiger partial charge in [0.25, 0.3) is 5.91 Å². The highest BCUT2D eigenvalue weighted by Gasteiger charge is 2.18. The fourth-order valence-corrected chi connectivity index (χ4v) is 5.18. The molecule has 9 heteroatoms. The van der Waals surface area contributed by atoms with Crippen molar-refractivity contribution in [3.63, 3.8) is 0 Å². The average molecular weight is 518 g/mol. The Morgan fingerprint density at radius 2 is 1.73 bits per heavy atom. The molecule has 1 aliphatic rings. The van der Waals surface area contributed by atoms with Crippen LogP contribution in [-0.2, 0) is 21.4 Å². The van der Waals surface area contributed by atoms with Crippen molar-refractivity contribution in [3.8, 4) is 0 Å². The topological polar surface area (TPSA) is 99.3 Å². The third kappa shape index (κ3) is 5.84. The highest BCUT2D eigenvalue weighted by Crippen LogP contribution is 2.30. The lowest BCUT2D eigenvalue weighted by Gasteiger charge is -2.28. The third-order valence-electron chi connectivity index (χ3n) is 6.42. The number of carbonyl (C=O) groups is 2. The molecule has 3 heterocycles. The van der Waals surface area contributed by atoms with Crippen LogP contribution in [0.2, 0.25) is 0 Å². The third-order valence-corrected chi connectivity index (χ3v) is 7.46. The summed E-state index contributed by atoms with van der Waals surface area (Å²) in [5.74, 6) is 0.0656. The molecule has 0 radical (unpaired) electrons. The Hall–Kier alpha value is -3.69. The molecule has 37 heavy (non-hydrogen) atoms. The quantitative estimate of drug-likeness (QED) is 0.327. The van der Waals surface area contributed by atoms with E-state index in [1.807, 2.05) is 36.4 Å². The standard InChI is InChI=1S/C28H31N5O3S/c1-28(2,3)19-6-4-18(5-7-19)16-24(34)30-25-22-17-23(37-27(22)32-31-25)26(35)29-20-8-10-21(11-9-20)33-12-14-36-15-13-33/h4-11,17H,12-16H2,1-3H3,(H,29,35)(H2,30,31,32,34). The van der Waals surface area contributed by atoms with Gasteiger partial charge in [0.15, 0.2) is 5.82 Å². The van der Waals surface area contributed by atoms with E-state index in [-0.39, 0.29) is 23.7 Å². The lowest BCUT2D eigenvalue weighted by atomic mass is 9.86. The molecular weight excluding hydrogens is 486 g/mol. The SMILES string of the molecule is CC(C)(C)c1ccc(CC(=O)Nc2n[nH]c3sc(C(=O)Nc4ccc(N5CCOCC5)cc4)cc23)cc1. The maximum Gasteiger partial charge on any atom is 0.265 e. The highest BCUT2D eigenvalue weighted by atomic mass is 32.1. The molecule has 0 bridgehead atoms. The van der Waals surface area contributed by atoms with E-state index in [0.29, 0.717) is 16.1 Å². The summed E-state index contributed by atoms with van der Waals surface area (Å²) < 4.78 is 5.41. The Morgan fingerprint density at radius 3 is 2.41 bits per heavy atom. The first-order valence-corrected chi connectivity index (χ1v) is 13.2. The van der Waals surface area contributed by atoms with E-state index in [1.165, 1.54) is 16.9 Å². The van der Waals surface area contributed by atoms with E-state index < -0.39 is 0 Å². The molecule has 3 N–H and O–H groups in total. The summed E-state index contributed by atoms with van der Waals surface area (Å²) in [5.41, 5.74) is 4.06. The van der Waals surface area contributed by atoms with Gasteiger partial charge in [-0.3, -0.25) is 14.7 Å². The fraction of sp³-hybridized carbons (Fsp3) is 0.321. The highest BCUT2D eigenvalue weighted by molar-refractivity contribution is 7.20. The van der Waals surface area contributed by atoms with Crippen LogP contribution in [0.15, 0.2) is 54.6 Å². The van der Waals surface area contributed by atoms with Gasteiger partial charge in [0.2, 0.25) is 5.91 Å². The van der Waals surface area contributed by atoms with Crippen molar-refractivity contribution >= 4 is 50.6 Å². The summed E-state index contributed by atoms with van der Waals surface area (Å²) >= 11 is 1.30. The number of benzene rings is 2. The summed E-state index contributed by atoms with van der Waals surface area (Å²) in [6.45, 7) is 9.67. The maximum absolute atomic E-state index is 12.9. The summed E-state index contributed by atoms with van der Waals surface area (Å²) in [6, 6.07) is 17.7. The van der Waals surface area contributed by atoms with E-state index in [0.717, 1.165) is 48.1 Å².